The minimum Gasteiger partial charge on any atom is -0.507 e. The van der Waals surface area contributed by atoms with E-state index in [1.165, 1.54) is 0 Å². The summed E-state index contributed by atoms with van der Waals surface area (Å²) in [5.74, 6) is -0.220. The molecule has 0 atom stereocenters. The van der Waals surface area contributed by atoms with E-state index in [9.17, 15) is 9.90 Å². The standard InChI is InChI=1S/C16H20N2O2/c1-3-18(2)9-8-17-16(20)14-10-12-6-4-5-7-13(12)11-15(14)19/h4-7,10-11,19H,3,8-9H2,1-2H3,(H,17,20). The second kappa shape index (κ2) is 6.39. The molecular weight excluding hydrogens is 252 g/mol. The Labute approximate surface area is 119 Å². The second-order valence-corrected chi connectivity index (χ2v) is 4.87. The lowest BCUT2D eigenvalue weighted by molar-refractivity contribution is 0.0947. The summed E-state index contributed by atoms with van der Waals surface area (Å²) in [5, 5.41) is 14.7. The summed E-state index contributed by atoms with van der Waals surface area (Å²) in [7, 11) is 2.00. The summed E-state index contributed by atoms with van der Waals surface area (Å²) in [4.78, 5) is 14.2. The molecule has 0 spiro atoms. The number of hydrogen-bond donors (Lipinski definition) is 2. The first-order valence-electron chi connectivity index (χ1n) is 6.80. The number of fused-ring (bicyclic) bond motifs is 1. The lowest BCUT2D eigenvalue weighted by atomic mass is 10.1. The Balaban J connectivity index is 2.11. The zero-order chi connectivity index (χ0) is 14.5. The van der Waals surface area contributed by atoms with Gasteiger partial charge in [-0.1, -0.05) is 31.2 Å². The van der Waals surface area contributed by atoms with Crippen molar-refractivity contribution < 1.29 is 9.90 Å². The van der Waals surface area contributed by atoms with Crippen molar-refractivity contribution in [3.05, 3.63) is 42.0 Å². The Morgan fingerprint density at radius 2 is 1.90 bits per heavy atom. The number of rotatable bonds is 5. The predicted octanol–water partition coefficient (Wildman–Crippen LogP) is 2.23. The van der Waals surface area contributed by atoms with Crippen LogP contribution in [-0.4, -0.2) is 42.6 Å². The fourth-order valence-corrected chi connectivity index (χ4v) is 2.02. The van der Waals surface area contributed by atoms with Crippen LogP contribution in [0.2, 0.25) is 0 Å². The Hall–Kier alpha value is -2.07. The van der Waals surface area contributed by atoms with Crippen LogP contribution in [0.3, 0.4) is 0 Å². The normalized spacial score (nSPS) is 10.9. The van der Waals surface area contributed by atoms with E-state index in [-0.39, 0.29) is 11.7 Å². The van der Waals surface area contributed by atoms with Crippen LogP contribution in [0.5, 0.6) is 5.75 Å². The molecule has 0 aliphatic rings. The van der Waals surface area contributed by atoms with Crippen molar-refractivity contribution in [2.75, 3.05) is 26.7 Å². The van der Waals surface area contributed by atoms with Crippen LogP contribution in [0.15, 0.2) is 36.4 Å². The molecule has 0 aliphatic carbocycles. The van der Waals surface area contributed by atoms with Gasteiger partial charge in [-0.25, -0.2) is 0 Å². The molecule has 0 heterocycles. The summed E-state index contributed by atoms with van der Waals surface area (Å²) >= 11 is 0. The molecule has 4 heteroatoms. The SMILES string of the molecule is CCN(C)CCNC(=O)c1cc2ccccc2cc1O. The summed E-state index contributed by atoms with van der Waals surface area (Å²) in [6.07, 6.45) is 0. The van der Waals surface area contributed by atoms with E-state index in [2.05, 4.69) is 17.1 Å². The number of aromatic hydroxyl groups is 1. The maximum absolute atomic E-state index is 12.1. The van der Waals surface area contributed by atoms with E-state index in [0.29, 0.717) is 12.1 Å². The van der Waals surface area contributed by atoms with Gasteiger partial charge in [0.05, 0.1) is 5.56 Å². The van der Waals surface area contributed by atoms with Crippen LogP contribution in [0.25, 0.3) is 10.8 Å². The fourth-order valence-electron chi connectivity index (χ4n) is 2.02. The molecule has 0 aromatic heterocycles. The van der Waals surface area contributed by atoms with Gasteiger partial charge in [0.1, 0.15) is 5.75 Å². The number of carbonyl (C=O) groups is 1. The Kier molecular flexibility index (Phi) is 4.58. The van der Waals surface area contributed by atoms with E-state index < -0.39 is 0 Å². The van der Waals surface area contributed by atoms with Crippen molar-refractivity contribution in [1.29, 1.82) is 0 Å². The van der Waals surface area contributed by atoms with Crippen LogP contribution in [0, 0.1) is 0 Å². The highest BCUT2D eigenvalue weighted by atomic mass is 16.3. The minimum absolute atomic E-state index is 0.0186. The Bertz CT molecular complexity index is 610. The van der Waals surface area contributed by atoms with Crippen molar-refractivity contribution in [1.82, 2.24) is 10.2 Å². The van der Waals surface area contributed by atoms with E-state index in [1.807, 2.05) is 31.3 Å². The maximum Gasteiger partial charge on any atom is 0.255 e. The largest absolute Gasteiger partial charge is 0.507 e. The third-order valence-corrected chi connectivity index (χ3v) is 3.43. The van der Waals surface area contributed by atoms with Gasteiger partial charge in [-0.15, -0.1) is 0 Å². The van der Waals surface area contributed by atoms with Crippen molar-refractivity contribution in [3.63, 3.8) is 0 Å². The number of nitrogens with zero attached hydrogens (tertiary/aromatic N) is 1. The first-order chi connectivity index (χ1) is 9.61. The first kappa shape index (κ1) is 14.3. The topological polar surface area (TPSA) is 52.6 Å². The molecule has 0 bridgehead atoms. The number of likely N-dealkylation sites (N-methyl/N-ethyl adjacent to an activating group) is 1. The van der Waals surface area contributed by atoms with Gasteiger partial charge in [0.15, 0.2) is 0 Å². The zero-order valence-corrected chi connectivity index (χ0v) is 11.9. The van der Waals surface area contributed by atoms with Crippen molar-refractivity contribution >= 4 is 16.7 Å². The van der Waals surface area contributed by atoms with E-state index >= 15 is 0 Å². The van der Waals surface area contributed by atoms with Crippen molar-refractivity contribution in [3.8, 4) is 5.75 Å². The highest BCUT2D eigenvalue weighted by molar-refractivity contribution is 6.01. The minimum atomic E-state index is -0.238. The number of phenols is 1. The molecule has 4 nitrogen and oxygen atoms in total. The molecule has 0 saturated carbocycles. The zero-order valence-electron chi connectivity index (χ0n) is 11.9. The van der Waals surface area contributed by atoms with Crippen LogP contribution >= 0.6 is 0 Å². The van der Waals surface area contributed by atoms with Crippen molar-refractivity contribution in [2.45, 2.75) is 6.92 Å². The number of phenolic OH excluding ortho intramolecular Hbond substituents is 1. The fraction of sp³-hybridized carbons (Fsp3) is 0.312. The van der Waals surface area contributed by atoms with Crippen LogP contribution in [0.4, 0.5) is 0 Å². The average Bonchev–Trinajstić information content (AvgIpc) is 2.46. The third kappa shape index (κ3) is 3.27. The molecule has 1 amide bonds. The van der Waals surface area contributed by atoms with Gasteiger partial charge in [0.25, 0.3) is 5.91 Å². The number of nitrogens with one attached hydrogen (secondary N) is 1. The van der Waals surface area contributed by atoms with Crippen LogP contribution in [0.1, 0.15) is 17.3 Å². The van der Waals surface area contributed by atoms with Gasteiger partial charge < -0.3 is 15.3 Å². The van der Waals surface area contributed by atoms with Gasteiger partial charge in [0.2, 0.25) is 0 Å². The first-order valence-corrected chi connectivity index (χ1v) is 6.80. The van der Waals surface area contributed by atoms with Gasteiger partial charge in [-0.05, 0) is 36.5 Å². The molecule has 0 saturated heterocycles. The van der Waals surface area contributed by atoms with Gasteiger partial charge in [-0.2, -0.15) is 0 Å². The molecule has 20 heavy (non-hydrogen) atoms. The van der Waals surface area contributed by atoms with E-state index in [0.717, 1.165) is 23.9 Å². The summed E-state index contributed by atoms with van der Waals surface area (Å²) in [6, 6.07) is 11.0. The molecule has 2 N–H and O–H groups in total. The molecule has 2 rings (SSSR count). The Morgan fingerprint density at radius 3 is 2.55 bits per heavy atom. The number of hydrogen-bond acceptors (Lipinski definition) is 3. The lowest BCUT2D eigenvalue weighted by Gasteiger charge is -2.14. The average molecular weight is 272 g/mol. The van der Waals surface area contributed by atoms with E-state index in [1.54, 1.807) is 12.1 Å². The molecule has 2 aromatic rings. The number of carbonyl (C=O) groups excluding carboxylic acids is 1. The molecule has 0 radical (unpaired) electrons. The monoisotopic (exact) mass is 272 g/mol. The van der Waals surface area contributed by atoms with Crippen LogP contribution in [-0.2, 0) is 0 Å². The number of amides is 1. The summed E-state index contributed by atoms with van der Waals surface area (Å²) < 4.78 is 0. The molecule has 0 fully saturated rings. The second-order valence-electron chi connectivity index (χ2n) is 4.87. The van der Waals surface area contributed by atoms with Crippen molar-refractivity contribution in [2.24, 2.45) is 0 Å². The quantitative estimate of drug-likeness (QED) is 0.877. The Morgan fingerprint density at radius 1 is 1.25 bits per heavy atom. The molecule has 0 aliphatic heterocycles. The lowest BCUT2D eigenvalue weighted by Crippen LogP contribution is -2.32. The number of benzene rings is 2. The molecule has 2 aromatic carbocycles. The predicted molar refractivity (Wildman–Crippen MR) is 81.1 cm³/mol. The van der Waals surface area contributed by atoms with Gasteiger partial charge >= 0.3 is 0 Å². The maximum atomic E-state index is 12.1. The van der Waals surface area contributed by atoms with E-state index in [4.69, 9.17) is 0 Å². The molecule has 106 valence electrons. The highest BCUT2D eigenvalue weighted by Gasteiger charge is 2.12. The summed E-state index contributed by atoms with van der Waals surface area (Å²) in [6.45, 7) is 4.36. The highest BCUT2D eigenvalue weighted by Crippen LogP contribution is 2.24. The van der Waals surface area contributed by atoms with Gasteiger partial charge in [0, 0.05) is 13.1 Å². The smallest absolute Gasteiger partial charge is 0.255 e. The molecular formula is C16H20N2O2. The summed E-state index contributed by atoms with van der Waals surface area (Å²) in [5.41, 5.74) is 0.322. The third-order valence-electron chi connectivity index (χ3n) is 3.43. The molecule has 0 unspecified atom stereocenters. The van der Waals surface area contributed by atoms with Gasteiger partial charge in [-0.3, -0.25) is 4.79 Å². The van der Waals surface area contributed by atoms with Crippen LogP contribution < -0.4 is 5.32 Å².